The molecule has 0 aromatic carbocycles. The minimum atomic E-state index is -0.440. The SMILES string of the molecule is Cc1nn(C)c(C)c1CNCC1(O)CCC1. The van der Waals surface area contributed by atoms with Gasteiger partial charge in [-0.1, -0.05) is 0 Å². The molecule has 1 heterocycles. The van der Waals surface area contributed by atoms with Crippen molar-refractivity contribution < 1.29 is 5.11 Å². The van der Waals surface area contributed by atoms with Gasteiger partial charge in [-0.3, -0.25) is 4.68 Å². The maximum Gasteiger partial charge on any atom is 0.0771 e. The average molecular weight is 223 g/mol. The second-order valence-corrected chi connectivity index (χ2v) is 4.95. The lowest BCUT2D eigenvalue weighted by Gasteiger charge is -2.36. The van der Waals surface area contributed by atoms with Gasteiger partial charge in [-0.05, 0) is 33.1 Å². The molecule has 0 spiro atoms. The van der Waals surface area contributed by atoms with E-state index in [1.807, 2.05) is 18.7 Å². The quantitative estimate of drug-likeness (QED) is 0.802. The molecule has 90 valence electrons. The normalized spacial score (nSPS) is 18.5. The summed E-state index contributed by atoms with van der Waals surface area (Å²) in [6.07, 6.45) is 3.03. The molecule has 0 saturated heterocycles. The molecule has 1 saturated carbocycles. The Kier molecular flexibility index (Phi) is 3.04. The van der Waals surface area contributed by atoms with Crippen LogP contribution in [0.4, 0.5) is 0 Å². The van der Waals surface area contributed by atoms with Crippen molar-refractivity contribution in [1.82, 2.24) is 15.1 Å². The Morgan fingerprint density at radius 2 is 2.12 bits per heavy atom. The molecule has 0 amide bonds. The van der Waals surface area contributed by atoms with E-state index in [1.165, 1.54) is 11.3 Å². The summed E-state index contributed by atoms with van der Waals surface area (Å²) in [5, 5.41) is 17.7. The number of nitrogens with one attached hydrogen (secondary N) is 1. The highest BCUT2D eigenvalue weighted by Crippen LogP contribution is 2.30. The molecule has 1 aromatic rings. The van der Waals surface area contributed by atoms with Gasteiger partial charge in [0.1, 0.15) is 0 Å². The number of aliphatic hydroxyl groups is 1. The Morgan fingerprint density at radius 1 is 1.44 bits per heavy atom. The predicted molar refractivity (Wildman–Crippen MR) is 63.2 cm³/mol. The molecule has 0 radical (unpaired) electrons. The zero-order valence-electron chi connectivity index (χ0n) is 10.4. The smallest absolute Gasteiger partial charge is 0.0771 e. The molecule has 0 unspecified atom stereocenters. The molecule has 0 aliphatic heterocycles. The Bertz CT molecular complexity index is 380. The van der Waals surface area contributed by atoms with Crippen molar-refractivity contribution in [2.45, 2.75) is 45.3 Å². The highest BCUT2D eigenvalue weighted by molar-refractivity contribution is 5.24. The van der Waals surface area contributed by atoms with Crippen molar-refractivity contribution >= 4 is 0 Å². The van der Waals surface area contributed by atoms with E-state index < -0.39 is 5.60 Å². The zero-order chi connectivity index (χ0) is 11.8. The van der Waals surface area contributed by atoms with Crippen molar-refractivity contribution in [2.75, 3.05) is 6.54 Å². The minimum Gasteiger partial charge on any atom is -0.389 e. The number of rotatable bonds is 4. The van der Waals surface area contributed by atoms with Crippen LogP contribution in [0.15, 0.2) is 0 Å². The summed E-state index contributed by atoms with van der Waals surface area (Å²) in [6.45, 7) is 5.60. The van der Waals surface area contributed by atoms with E-state index in [1.54, 1.807) is 0 Å². The Balaban J connectivity index is 1.89. The third-order valence-corrected chi connectivity index (χ3v) is 3.70. The van der Waals surface area contributed by atoms with Gasteiger partial charge >= 0.3 is 0 Å². The van der Waals surface area contributed by atoms with E-state index in [9.17, 15) is 5.11 Å². The molecule has 4 heteroatoms. The summed E-state index contributed by atoms with van der Waals surface area (Å²) in [5.41, 5.74) is 3.09. The second-order valence-electron chi connectivity index (χ2n) is 4.95. The fourth-order valence-corrected chi connectivity index (χ4v) is 2.26. The van der Waals surface area contributed by atoms with Crippen molar-refractivity contribution in [1.29, 1.82) is 0 Å². The first kappa shape index (κ1) is 11.6. The molecule has 1 fully saturated rings. The van der Waals surface area contributed by atoms with E-state index in [0.717, 1.165) is 31.5 Å². The third-order valence-electron chi connectivity index (χ3n) is 3.70. The zero-order valence-corrected chi connectivity index (χ0v) is 10.4. The first-order valence-electron chi connectivity index (χ1n) is 5.94. The van der Waals surface area contributed by atoms with E-state index in [-0.39, 0.29) is 0 Å². The van der Waals surface area contributed by atoms with Gasteiger partial charge in [0.2, 0.25) is 0 Å². The molecule has 4 nitrogen and oxygen atoms in total. The Morgan fingerprint density at radius 3 is 2.56 bits per heavy atom. The summed E-state index contributed by atoms with van der Waals surface area (Å²) in [5.74, 6) is 0. The van der Waals surface area contributed by atoms with Crippen LogP contribution in [0.5, 0.6) is 0 Å². The summed E-state index contributed by atoms with van der Waals surface area (Å²) in [4.78, 5) is 0. The van der Waals surface area contributed by atoms with Crippen LogP contribution in [-0.4, -0.2) is 27.0 Å². The lowest BCUT2D eigenvalue weighted by molar-refractivity contribution is -0.0315. The van der Waals surface area contributed by atoms with Crippen LogP contribution in [0.25, 0.3) is 0 Å². The van der Waals surface area contributed by atoms with E-state index in [0.29, 0.717) is 6.54 Å². The van der Waals surface area contributed by atoms with Gasteiger partial charge in [-0.15, -0.1) is 0 Å². The van der Waals surface area contributed by atoms with Crippen molar-refractivity contribution in [3.63, 3.8) is 0 Å². The van der Waals surface area contributed by atoms with Crippen LogP contribution in [0.2, 0.25) is 0 Å². The molecule has 16 heavy (non-hydrogen) atoms. The molecule has 2 N–H and O–H groups in total. The number of hydrogen-bond acceptors (Lipinski definition) is 3. The van der Waals surface area contributed by atoms with Crippen LogP contribution in [0.3, 0.4) is 0 Å². The summed E-state index contributed by atoms with van der Waals surface area (Å²) in [7, 11) is 1.96. The summed E-state index contributed by atoms with van der Waals surface area (Å²) in [6, 6.07) is 0. The van der Waals surface area contributed by atoms with Crippen LogP contribution >= 0.6 is 0 Å². The molecule has 0 atom stereocenters. The van der Waals surface area contributed by atoms with Crippen molar-refractivity contribution in [3.05, 3.63) is 17.0 Å². The number of aryl methyl sites for hydroxylation is 2. The van der Waals surface area contributed by atoms with E-state index in [2.05, 4.69) is 17.3 Å². The number of hydrogen-bond donors (Lipinski definition) is 2. The van der Waals surface area contributed by atoms with Gasteiger partial charge in [0.15, 0.2) is 0 Å². The fraction of sp³-hybridized carbons (Fsp3) is 0.750. The van der Waals surface area contributed by atoms with Gasteiger partial charge in [0, 0.05) is 31.4 Å². The van der Waals surface area contributed by atoms with Gasteiger partial charge < -0.3 is 10.4 Å². The first-order valence-corrected chi connectivity index (χ1v) is 5.94. The van der Waals surface area contributed by atoms with Crippen LogP contribution in [0, 0.1) is 13.8 Å². The minimum absolute atomic E-state index is 0.440. The monoisotopic (exact) mass is 223 g/mol. The van der Waals surface area contributed by atoms with E-state index >= 15 is 0 Å². The second kappa shape index (κ2) is 4.18. The lowest BCUT2D eigenvalue weighted by atomic mass is 9.80. The van der Waals surface area contributed by atoms with E-state index in [4.69, 9.17) is 0 Å². The number of nitrogens with zero attached hydrogens (tertiary/aromatic N) is 2. The molecule has 1 aliphatic rings. The highest BCUT2D eigenvalue weighted by Gasteiger charge is 2.33. The predicted octanol–water partition coefficient (Wildman–Crippen LogP) is 1.04. The van der Waals surface area contributed by atoms with Crippen molar-refractivity contribution in [2.24, 2.45) is 7.05 Å². The fourth-order valence-electron chi connectivity index (χ4n) is 2.26. The first-order chi connectivity index (χ1) is 7.52. The van der Waals surface area contributed by atoms with Gasteiger partial charge in [0.25, 0.3) is 0 Å². The summed E-state index contributed by atoms with van der Waals surface area (Å²) >= 11 is 0. The topological polar surface area (TPSA) is 50.1 Å². The largest absolute Gasteiger partial charge is 0.389 e. The van der Waals surface area contributed by atoms with Crippen LogP contribution in [-0.2, 0) is 13.6 Å². The maximum atomic E-state index is 9.95. The average Bonchev–Trinajstić information content (AvgIpc) is 2.42. The molecular weight excluding hydrogens is 202 g/mol. The van der Waals surface area contributed by atoms with Gasteiger partial charge in [0.05, 0.1) is 11.3 Å². The lowest BCUT2D eigenvalue weighted by Crippen LogP contribution is -2.46. The van der Waals surface area contributed by atoms with Crippen molar-refractivity contribution in [3.8, 4) is 0 Å². The standard InChI is InChI=1S/C12H21N3O/c1-9-11(10(2)15(3)14-9)7-13-8-12(16)5-4-6-12/h13,16H,4-8H2,1-3H3. The Hall–Kier alpha value is -0.870. The molecule has 1 aliphatic carbocycles. The van der Waals surface area contributed by atoms with Gasteiger partial charge in [-0.2, -0.15) is 5.10 Å². The molecular formula is C12H21N3O. The maximum absolute atomic E-state index is 9.95. The molecule has 1 aromatic heterocycles. The summed E-state index contributed by atoms with van der Waals surface area (Å²) < 4.78 is 1.91. The molecule has 0 bridgehead atoms. The Labute approximate surface area is 96.7 Å². The third kappa shape index (κ3) is 2.13. The highest BCUT2D eigenvalue weighted by atomic mass is 16.3. The van der Waals surface area contributed by atoms with Crippen LogP contribution < -0.4 is 5.32 Å². The molecule has 2 rings (SSSR count). The number of aromatic nitrogens is 2. The van der Waals surface area contributed by atoms with Gasteiger partial charge in [-0.25, -0.2) is 0 Å². The van der Waals surface area contributed by atoms with Crippen LogP contribution in [0.1, 0.15) is 36.2 Å².